The second kappa shape index (κ2) is 5.68. The molecule has 1 unspecified atom stereocenters. The fraction of sp³-hybridized carbons (Fsp3) is 0.818. The summed E-state index contributed by atoms with van der Waals surface area (Å²) in [6.45, 7) is 9.06. The summed E-state index contributed by atoms with van der Waals surface area (Å²) >= 11 is 1.79. The zero-order chi connectivity index (χ0) is 12.2. The van der Waals surface area contributed by atoms with Crippen molar-refractivity contribution in [3.8, 4) is 0 Å². The van der Waals surface area contributed by atoms with E-state index in [-0.39, 0.29) is 5.41 Å². The zero-order valence-corrected chi connectivity index (χ0v) is 11.3. The van der Waals surface area contributed by atoms with Crippen LogP contribution in [0.5, 0.6) is 0 Å². The van der Waals surface area contributed by atoms with E-state index in [1.807, 2.05) is 0 Å². The number of aromatic nitrogens is 2. The van der Waals surface area contributed by atoms with Gasteiger partial charge in [0, 0.05) is 5.41 Å². The Hall–Kier alpha value is -0.550. The predicted octanol–water partition coefficient (Wildman–Crippen LogP) is 2.20. The van der Waals surface area contributed by atoms with E-state index in [1.54, 1.807) is 11.8 Å². The highest BCUT2D eigenvalue weighted by Crippen LogP contribution is 2.22. The lowest BCUT2D eigenvalue weighted by atomic mass is 9.97. The topological polar surface area (TPSA) is 64.9 Å². The van der Waals surface area contributed by atoms with Gasteiger partial charge in [0.05, 0.1) is 5.75 Å². The van der Waals surface area contributed by atoms with Crippen LogP contribution in [-0.4, -0.2) is 22.5 Å². The molecule has 0 saturated carbocycles. The highest BCUT2D eigenvalue weighted by molar-refractivity contribution is 7.98. The molecule has 1 aromatic rings. The Morgan fingerprint density at radius 2 is 2.06 bits per heavy atom. The minimum Gasteiger partial charge on any atom is -0.424 e. The van der Waals surface area contributed by atoms with E-state index in [2.05, 4.69) is 37.9 Å². The minimum atomic E-state index is -0.0690. The molecule has 92 valence electrons. The summed E-state index contributed by atoms with van der Waals surface area (Å²) in [5, 5.41) is 8.09. The molecule has 16 heavy (non-hydrogen) atoms. The minimum absolute atomic E-state index is 0.0690. The number of hydrogen-bond acceptors (Lipinski definition) is 5. The number of hydrogen-bond donors (Lipinski definition) is 1. The van der Waals surface area contributed by atoms with Crippen LogP contribution in [0.4, 0.5) is 0 Å². The Bertz CT molecular complexity index is 319. The van der Waals surface area contributed by atoms with E-state index >= 15 is 0 Å². The third-order valence-electron chi connectivity index (χ3n) is 2.14. The standard InChI is InChI=1S/C11H21N3OS/c1-8(5-12)6-16-7-9-13-14-10(15-9)11(2,3)4/h8H,5-7,12H2,1-4H3. The molecule has 2 N–H and O–H groups in total. The van der Waals surface area contributed by atoms with Gasteiger partial charge in [-0.15, -0.1) is 10.2 Å². The molecule has 4 nitrogen and oxygen atoms in total. The summed E-state index contributed by atoms with van der Waals surface area (Å²) in [4.78, 5) is 0. The summed E-state index contributed by atoms with van der Waals surface area (Å²) in [5.41, 5.74) is 5.48. The quantitative estimate of drug-likeness (QED) is 0.858. The van der Waals surface area contributed by atoms with Crippen molar-refractivity contribution in [2.24, 2.45) is 11.7 Å². The van der Waals surface area contributed by atoms with Crippen molar-refractivity contribution >= 4 is 11.8 Å². The average molecular weight is 243 g/mol. The normalized spacial score (nSPS) is 14.1. The van der Waals surface area contributed by atoms with Crippen LogP contribution in [0.3, 0.4) is 0 Å². The third-order valence-corrected chi connectivity index (χ3v) is 3.39. The first-order valence-electron chi connectivity index (χ1n) is 5.54. The Morgan fingerprint density at radius 1 is 1.38 bits per heavy atom. The van der Waals surface area contributed by atoms with Crippen LogP contribution < -0.4 is 5.73 Å². The van der Waals surface area contributed by atoms with Gasteiger partial charge >= 0.3 is 0 Å². The Morgan fingerprint density at radius 3 is 2.56 bits per heavy atom. The Balaban J connectivity index is 2.41. The smallest absolute Gasteiger partial charge is 0.226 e. The fourth-order valence-electron chi connectivity index (χ4n) is 1.03. The molecule has 1 heterocycles. The maximum atomic E-state index is 5.59. The van der Waals surface area contributed by atoms with Gasteiger partial charge in [0.25, 0.3) is 0 Å². The van der Waals surface area contributed by atoms with Crippen molar-refractivity contribution in [2.45, 2.75) is 38.9 Å². The zero-order valence-electron chi connectivity index (χ0n) is 10.5. The summed E-state index contributed by atoms with van der Waals surface area (Å²) in [6.07, 6.45) is 0. The first kappa shape index (κ1) is 13.5. The number of rotatable bonds is 5. The van der Waals surface area contributed by atoms with Crippen LogP contribution in [0.2, 0.25) is 0 Å². The molecule has 0 amide bonds. The van der Waals surface area contributed by atoms with Crippen LogP contribution >= 0.6 is 11.8 Å². The lowest BCUT2D eigenvalue weighted by molar-refractivity contribution is 0.378. The lowest BCUT2D eigenvalue weighted by Gasteiger charge is -2.11. The van der Waals surface area contributed by atoms with Crippen molar-refractivity contribution < 1.29 is 4.42 Å². The molecule has 0 bridgehead atoms. The first-order valence-corrected chi connectivity index (χ1v) is 6.69. The van der Waals surface area contributed by atoms with Crippen LogP contribution in [-0.2, 0) is 11.2 Å². The van der Waals surface area contributed by atoms with Gasteiger partial charge in [0.15, 0.2) is 0 Å². The van der Waals surface area contributed by atoms with E-state index in [0.29, 0.717) is 17.7 Å². The molecule has 5 heteroatoms. The molecule has 0 radical (unpaired) electrons. The monoisotopic (exact) mass is 243 g/mol. The Labute approximate surface area is 101 Å². The molecule has 0 aliphatic heterocycles. The van der Waals surface area contributed by atoms with E-state index in [1.165, 1.54) is 0 Å². The number of nitrogens with two attached hydrogens (primary N) is 1. The molecule has 1 rings (SSSR count). The maximum Gasteiger partial charge on any atom is 0.226 e. The van der Waals surface area contributed by atoms with E-state index in [9.17, 15) is 0 Å². The first-order chi connectivity index (χ1) is 7.43. The molecule has 1 aromatic heterocycles. The predicted molar refractivity (Wildman–Crippen MR) is 67.4 cm³/mol. The summed E-state index contributed by atoms with van der Waals surface area (Å²) in [7, 11) is 0. The molecule has 0 aliphatic rings. The van der Waals surface area contributed by atoms with Crippen LogP contribution in [0.15, 0.2) is 4.42 Å². The van der Waals surface area contributed by atoms with Gasteiger partial charge in [-0.2, -0.15) is 11.8 Å². The van der Waals surface area contributed by atoms with E-state index in [0.717, 1.165) is 18.1 Å². The van der Waals surface area contributed by atoms with E-state index < -0.39 is 0 Å². The van der Waals surface area contributed by atoms with Crippen molar-refractivity contribution in [3.63, 3.8) is 0 Å². The van der Waals surface area contributed by atoms with Crippen LogP contribution in [0, 0.1) is 5.92 Å². The van der Waals surface area contributed by atoms with Gasteiger partial charge in [-0.25, -0.2) is 0 Å². The highest BCUT2D eigenvalue weighted by atomic mass is 32.2. The molecule has 0 spiro atoms. The van der Waals surface area contributed by atoms with Gasteiger partial charge in [-0.05, 0) is 18.2 Å². The molecular formula is C11H21N3OS. The van der Waals surface area contributed by atoms with Crippen LogP contribution in [0.1, 0.15) is 39.5 Å². The summed E-state index contributed by atoms with van der Waals surface area (Å²) < 4.78 is 5.59. The second-order valence-electron chi connectivity index (χ2n) is 5.11. The van der Waals surface area contributed by atoms with Crippen LogP contribution in [0.25, 0.3) is 0 Å². The molecular weight excluding hydrogens is 222 g/mol. The average Bonchev–Trinajstić information content (AvgIpc) is 2.65. The number of nitrogens with zero attached hydrogens (tertiary/aromatic N) is 2. The summed E-state index contributed by atoms with van der Waals surface area (Å²) in [6, 6.07) is 0. The van der Waals surface area contributed by atoms with Crippen molar-refractivity contribution in [1.29, 1.82) is 0 Å². The number of thioether (sulfide) groups is 1. The highest BCUT2D eigenvalue weighted by Gasteiger charge is 2.21. The van der Waals surface area contributed by atoms with Crippen molar-refractivity contribution in [3.05, 3.63) is 11.8 Å². The van der Waals surface area contributed by atoms with Gasteiger partial charge in [-0.3, -0.25) is 0 Å². The maximum absolute atomic E-state index is 5.59. The second-order valence-corrected chi connectivity index (χ2v) is 6.14. The van der Waals surface area contributed by atoms with Gasteiger partial charge < -0.3 is 10.2 Å². The SMILES string of the molecule is CC(CN)CSCc1nnc(C(C)(C)C)o1. The molecule has 0 aliphatic carbocycles. The van der Waals surface area contributed by atoms with Crippen molar-refractivity contribution in [2.75, 3.05) is 12.3 Å². The van der Waals surface area contributed by atoms with E-state index in [4.69, 9.17) is 10.2 Å². The Kier molecular flexibility index (Phi) is 4.80. The lowest BCUT2D eigenvalue weighted by Crippen LogP contribution is -2.12. The molecule has 0 aromatic carbocycles. The summed E-state index contributed by atoms with van der Waals surface area (Å²) in [5.74, 6) is 3.75. The third kappa shape index (κ3) is 4.14. The van der Waals surface area contributed by atoms with Gasteiger partial charge in [0.1, 0.15) is 0 Å². The van der Waals surface area contributed by atoms with Gasteiger partial charge in [0.2, 0.25) is 11.8 Å². The van der Waals surface area contributed by atoms with Gasteiger partial charge in [-0.1, -0.05) is 27.7 Å². The fourth-order valence-corrected chi connectivity index (χ4v) is 1.98. The molecule has 0 fully saturated rings. The molecule has 0 saturated heterocycles. The van der Waals surface area contributed by atoms with Crippen molar-refractivity contribution in [1.82, 2.24) is 10.2 Å². The molecule has 1 atom stereocenters. The largest absolute Gasteiger partial charge is 0.424 e.